The molecule has 0 aliphatic heterocycles. The van der Waals surface area contributed by atoms with Crippen molar-refractivity contribution in [2.45, 2.75) is 54.1 Å². The number of rotatable bonds is 9. The van der Waals surface area contributed by atoms with Crippen molar-refractivity contribution in [2.75, 3.05) is 6.61 Å². The molecule has 0 rings (SSSR count). The van der Waals surface area contributed by atoms with E-state index in [0.29, 0.717) is 0 Å². The van der Waals surface area contributed by atoms with Crippen LogP contribution in [0.25, 0.3) is 0 Å². The molecular formula is C13H7F17O2. The van der Waals surface area contributed by atoms with Gasteiger partial charge in [0, 0.05) is 6.08 Å². The minimum Gasteiger partial charge on any atom is -0.462 e. The van der Waals surface area contributed by atoms with Gasteiger partial charge in [-0.05, 0) is 0 Å². The topological polar surface area (TPSA) is 26.3 Å². The van der Waals surface area contributed by atoms with E-state index >= 15 is 0 Å². The molecule has 0 aromatic heterocycles. The Morgan fingerprint density at radius 1 is 0.625 bits per heavy atom. The lowest BCUT2D eigenvalue weighted by molar-refractivity contribution is -0.465. The van der Waals surface area contributed by atoms with Crippen molar-refractivity contribution in [3.8, 4) is 0 Å². The van der Waals surface area contributed by atoms with Crippen molar-refractivity contribution in [1.29, 1.82) is 0 Å². The maximum absolute atomic E-state index is 13.4. The van der Waals surface area contributed by atoms with E-state index in [1.54, 1.807) is 0 Å². The third-order valence-corrected chi connectivity index (χ3v) is 3.68. The summed E-state index contributed by atoms with van der Waals surface area (Å²) in [6.45, 7) is 0.643. The van der Waals surface area contributed by atoms with E-state index in [4.69, 9.17) is 0 Å². The molecule has 0 spiro atoms. The smallest absolute Gasteiger partial charge is 0.438 e. The molecule has 0 saturated carbocycles. The molecule has 19 heteroatoms. The summed E-state index contributed by atoms with van der Waals surface area (Å²) in [7, 11) is 0. The molecule has 0 N–H and O–H groups in total. The Bertz CT molecular complexity index is 688. The molecule has 0 aliphatic rings. The maximum atomic E-state index is 13.4. The van der Waals surface area contributed by atoms with Crippen LogP contribution in [0.15, 0.2) is 12.7 Å². The SMILES string of the molecule is C=CC(=O)OCCC(F)(F)C(F)(F)C(F)(F)C(F)(F)C(F)(F)C(F)(C(F)(F)F)C(F)(F)F. The van der Waals surface area contributed by atoms with E-state index in [9.17, 15) is 79.4 Å². The standard InChI is InChI=1S/C13H7F17O2/c1-2-5(31)32-4-3-6(14,15)8(17,18)10(21,22)11(23,24)9(19,20)7(16,12(25,26)27)13(28,29)30/h2H,1,3-4H2. The number of carbonyl (C=O) groups is 1. The van der Waals surface area contributed by atoms with E-state index in [-0.39, 0.29) is 6.08 Å². The fourth-order valence-corrected chi connectivity index (χ4v) is 1.85. The quantitative estimate of drug-likeness (QED) is 0.209. The molecule has 190 valence electrons. The lowest BCUT2D eigenvalue weighted by Gasteiger charge is -2.44. The molecule has 0 aromatic carbocycles. The second-order valence-electron chi connectivity index (χ2n) is 5.78. The van der Waals surface area contributed by atoms with Crippen molar-refractivity contribution < 1.29 is 84.2 Å². The van der Waals surface area contributed by atoms with Gasteiger partial charge in [0.15, 0.2) is 0 Å². The van der Waals surface area contributed by atoms with Gasteiger partial charge < -0.3 is 4.74 Å². The highest BCUT2D eigenvalue weighted by Gasteiger charge is 2.97. The van der Waals surface area contributed by atoms with Crippen molar-refractivity contribution in [2.24, 2.45) is 0 Å². The Morgan fingerprint density at radius 2 is 0.969 bits per heavy atom. The summed E-state index contributed by atoms with van der Waals surface area (Å²) in [5.74, 6) is -42.1. The van der Waals surface area contributed by atoms with Crippen LogP contribution in [-0.4, -0.2) is 60.2 Å². The van der Waals surface area contributed by atoms with Crippen molar-refractivity contribution in [3.05, 3.63) is 12.7 Å². The highest BCUT2D eigenvalue weighted by molar-refractivity contribution is 5.81. The predicted octanol–water partition coefficient (Wildman–Crippen LogP) is 6.12. The number of carbonyl (C=O) groups excluding carboxylic acids is 1. The molecule has 0 unspecified atom stereocenters. The number of alkyl halides is 17. The van der Waals surface area contributed by atoms with Crippen LogP contribution in [0.3, 0.4) is 0 Å². The highest BCUT2D eigenvalue weighted by Crippen LogP contribution is 2.65. The first kappa shape index (κ1) is 30.0. The molecule has 2 nitrogen and oxygen atoms in total. The average Bonchev–Trinajstić information content (AvgIpc) is 2.57. The van der Waals surface area contributed by atoms with Gasteiger partial charge >= 0.3 is 53.6 Å². The lowest BCUT2D eigenvalue weighted by atomic mass is 9.84. The van der Waals surface area contributed by atoms with Crippen molar-refractivity contribution in [1.82, 2.24) is 0 Å². The van der Waals surface area contributed by atoms with Gasteiger partial charge in [-0.15, -0.1) is 0 Å². The lowest BCUT2D eigenvalue weighted by Crippen LogP contribution is -2.76. The van der Waals surface area contributed by atoms with Gasteiger partial charge in [-0.3, -0.25) is 0 Å². The van der Waals surface area contributed by atoms with Crippen LogP contribution >= 0.6 is 0 Å². The summed E-state index contributed by atoms with van der Waals surface area (Å²) < 4.78 is 225. The predicted molar refractivity (Wildman–Crippen MR) is 66.5 cm³/mol. The Kier molecular flexibility index (Phi) is 7.60. The first-order chi connectivity index (χ1) is 13.7. The van der Waals surface area contributed by atoms with Gasteiger partial charge in [-0.2, -0.15) is 70.2 Å². The van der Waals surface area contributed by atoms with Gasteiger partial charge in [0.25, 0.3) is 0 Å². The third-order valence-electron chi connectivity index (χ3n) is 3.68. The number of hydrogen-bond acceptors (Lipinski definition) is 2. The van der Waals surface area contributed by atoms with E-state index in [1.807, 2.05) is 0 Å². The van der Waals surface area contributed by atoms with Gasteiger partial charge in [0.1, 0.15) is 0 Å². The largest absolute Gasteiger partial charge is 0.462 e. The minimum absolute atomic E-state index is 0.189. The molecule has 0 amide bonds. The van der Waals surface area contributed by atoms with Crippen LogP contribution in [-0.2, 0) is 9.53 Å². The molecule has 32 heavy (non-hydrogen) atoms. The Balaban J connectivity index is 6.57. The number of hydrogen-bond donors (Lipinski definition) is 0. The van der Waals surface area contributed by atoms with Crippen LogP contribution in [0.2, 0.25) is 0 Å². The van der Waals surface area contributed by atoms with Crippen LogP contribution < -0.4 is 0 Å². The summed E-state index contributed by atoms with van der Waals surface area (Å²) in [5.41, 5.74) is -8.58. The highest BCUT2D eigenvalue weighted by atomic mass is 19.4. The summed E-state index contributed by atoms with van der Waals surface area (Å²) in [5, 5.41) is 0. The van der Waals surface area contributed by atoms with Gasteiger partial charge in [0.05, 0.1) is 13.0 Å². The molecule has 0 saturated heterocycles. The Labute approximate surface area is 165 Å². The molecule has 0 bridgehead atoms. The molecule has 0 aromatic rings. The summed E-state index contributed by atoms with van der Waals surface area (Å²) in [6.07, 6.45) is -19.0. The van der Waals surface area contributed by atoms with E-state index in [1.165, 1.54) is 0 Å². The van der Waals surface area contributed by atoms with Gasteiger partial charge in [0.2, 0.25) is 0 Å². The average molecular weight is 518 g/mol. The minimum atomic E-state index is -8.80. The number of ether oxygens (including phenoxy) is 1. The van der Waals surface area contributed by atoms with Crippen molar-refractivity contribution in [3.63, 3.8) is 0 Å². The normalized spacial score (nSPS) is 15.5. The second kappa shape index (κ2) is 8.11. The fraction of sp³-hybridized carbons (Fsp3) is 0.769. The molecule has 0 fully saturated rings. The number of esters is 1. The summed E-state index contributed by atoms with van der Waals surface area (Å²) >= 11 is 0. The van der Waals surface area contributed by atoms with Gasteiger partial charge in [-0.25, -0.2) is 9.18 Å². The molecule has 0 atom stereocenters. The third kappa shape index (κ3) is 4.17. The van der Waals surface area contributed by atoms with Gasteiger partial charge in [-0.1, -0.05) is 6.58 Å². The monoisotopic (exact) mass is 518 g/mol. The molecule has 0 heterocycles. The van der Waals surface area contributed by atoms with Crippen LogP contribution in [0.4, 0.5) is 74.6 Å². The zero-order chi connectivity index (χ0) is 26.4. The van der Waals surface area contributed by atoms with Crippen molar-refractivity contribution >= 4 is 5.97 Å². The zero-order valence-electron chi connectivity index (χ0n) is 14.4. The van der Waals surface area contributed by atoms with Crippen LogP contribution in [0.5, 0.6) is 0 Å². The van der Waals surface area contributed by atoms with E-state index in [2.05, 4.69) is 11.3 Å². The zero-order valence-corrected chi connectivity index (χ0v) is 14.4. The summed E-state index contributed by atoms with van der Waals surface area (Å²) in [6, 6.07) is 0. The first-order valence-corrected chi connectivity index (χ1v) is 7.21. The molecular weight excluding hydrogens is 511 g/mol. The van der Waals surface area contributed by atoms with E-state index < -0.39 is 66.6 Å². The fourth-order valence-electron chi connectivity index (χ4n) is 1.85. The van der Waals surface area contributed by atoms with Crippen LogP contribution in [0.1, 0.15) is 6.42 Å². The molecule has 0 radical (unpaired) electrons. The first-order valence-electron chi connectivity index (χ1n) is 7.21. The Hall–Kier alpha value is -1.98. The van der Waals surface area contributed by atoms with E-state index in [0.717, 1.165) is 0 Å². The number of halogens is 17. The maximum Gasteiger partial charge on any atom is 0.438 e. The summed E-state index contributed by atoms with van der Waals surface area (Å²) in [4.78, 5) is 10.5. The van der Waals surface area contributed by atoms with Crippen LogP contribution in [0, 0.1) is 0 Å². The second-order valence-corrected chi connectivity index (χ2v) is 5.78. The Morgan fingerprint density at radius 3 is 1.28 bits per heavy atom. The molecule has 0 aliphatic carbocycles.